The Balaban J connectivity index is 2.43. The number of anilines is 2. The van der Waals surface area contributed by atoms with E-state index in [2.05, 4.69) is 11.9 Å². The van der Waals surface area contributed by atoms with Crippen LogP contribution in [0.5, 0.6) is 0 Å². The molecule has 122 valence electrons. The number of benzene rings is 2. The summed E-state index contributed by atoms with van der Waals surface area (Å²) in [5, 5.41) is 0.597. The Labute approximate surface area is 142 Å². The average molecular weight is 334 g/mol. The molecule has 0 spiro atoms. The molecule has 0 aliphatic carbocycles. The second-order valence-electron chi connectivity index (χ2n) is 5.43. The molecular formula is C18H21ClFN3. The predicted molar refractivity (Wildman–Crippen MR) is 97.1 cm³/mol. The highest BCUT2D eigenvalue weighted by molar-refractivity contribution is 6.31. The summed E-state index contributed by atoms with van der Waals surface area (Å²) in [7, 11) is 3.85. The Morgan fingerprint density at radius 3 is 2.61 bits per heavy atom. The van der Waals surface area contributed by atoms with Gasteiger partial charge < -0.3 is 9.80 Å². The summed E-state index contributed by atoms with van der Waals surface area (Å²) in [5.41, 5.74) is 3.45. The Kier molecular flexibility index (Phi) is 5.61. The second kappa shape index (κ2) is 7.47. The molecule has 3 nitrogen and oxygen atoms in total. The summed E-state index contributed by atoms with van der Waals surface area (Å²) in [6.45, 7) is 4.92. The van der Waals surface area contributed by atoms with Crippen LogP contribution in [0.15, 0.2) is 41.4 Å². The molecule has 23 heavy (non-hydrogen) atoms. The first kappa shape index (κ1) is 17.3. The zero-order valence-electron chi connectivity index (χ0n) is 13.8. The second-order valence-corrected chi connectivity index (χ2v) is 5.86. The minimum Gasteiger partial charge on any atom is -0.366 e. The van der Waals surface area contributed by atoms with Crippen molar-refractivity contribution in [3.63, 3.8) is 0 Å². The van der Waals surface area contributed by atoms with Crippen LogP contribution in [0.4, 0.5) is 21.5 Å². The highest BCUT2D eigenvalue weighted by atomic mass is 35.5. The lowest BCUT2D eigenvalue weighted by molar-refractivity contribution is 0.552. The van der Waals surface area contributed by atoms with E-state index in [1.54, 1.807) is 12.4 Å². The van der Waals surface area contributed by atoms with E-state index in [4.69, 9.17) is 11.6 Å². The molecule has 2 aromatic carbocycles. The molecule has 0 N–H and O–H groups in total. The molecule has 0 aliphatic rings. The molecule has 0 bridgehead atoms. The Bertz CT molecular complexity index is 715. The van der Waals surface area contributed by atoms with Gasteiger partial charge in [-0.05, 0) is 49.7 Å². The normalized spacial score (nSPS) is 11.0. The molecule has 0 unspecified atom stereocenters. The summed E-state index contributed by atoms with van der Waals surface area (Å²) < 4.78 is 13.5. The van der Waals surface area contributed by atoms with Crippen LogP contribution in [0, 0.1) is 12.7 Å². The number of nitrogens with zero attached hydrogens (tertiary/aromatic N) is 3. The van der Waals surface area contributed by atoms with E-state index in [1.165, 1.54) is 12.1 Å². The minimum atomic E-state index is -0.267. The summed E-state index contributed by atoms with van der Waals surface area (Å²) in [5.74, 6) is -0.267. The molecule has 5 heteroatoms. The molecule has 0 aromatic heterocycles. The third-order valence-corrected chi connectivity index (χ3v) is 3.99. The number of rotatable bonds is 5. The van der Waals surface area contributed by atoms with Gasteiger partial charge in [0, 0.05) is 37.0 Å². The van der Waals surface area contributed by atoms with Gasteiger partial charge in [0.15, 0.2) is 0 Å². The van der Waals surface area contributed by atoms with Crippen LogP contribution in [0.3, 0.4) is 0 Å². The van der Waals surface area contributed by atoms with Gasteiger partial charge in [0.2, 0.25) is 0 Å². The van der Waals surface area contributed by atoms with Crippen molar-refractivity contribution in [1.29, 1.82) is 0 Å². The van der Waals surface area contributed by atoms with Crippen LogP contribution in [-0.2, 0) is 0 Å². The standard InChI is InChI=1S/C18H21ClFN3/c1-5-22(3)12-21-17-9-14(19)10-18(13(17)2)23(4)16-8-6-7-15(20)11-16/h6-12H,5H2,1-4H3/b21-12-. The predicted octanol–water partition coefficient (Wildman–Crippen LogP) is 5.17. The molecule has 2 rings (SSSR count). The molecule has 0 heterocycles. The van der Waals surface area contributed by atoms with Gasteiger partial charge in [0.25, 0.3) is 0 Å². The molecule has 0 amide bonds. The zero-order chi connectivity index (χ0) is 17.0. The van der Waals surface area contributed by atoms with Gasteiger partial charge in [-0.15, -0.1) is 0 Å². The third kappa shape index (κ3) is 4.23. The fraction of sp³-hybridized carbons (Fsp3) is 0.278. The van der Waals surface area contributed by atoms with Gasteiger partial charge >= 0.3 is 0 Å². The maximum absolute atomic E-state index is 13.5. The highest BCUT2D eigenvalue weighted by Crippen LogP contribution is 2.35. The zero-order valence-corrected chi connectivity index (χ0v) is 14.6. The van der Waals surface area contributed by atoms with Crippen LogP contribution >= 0.6 is 11.6 Å². The van der Waals surface area contributed by atoms with E-state index in [1.807, 2.05) is 49.0 Å². The average Bonchev–Trinajstić information content (AvgIpc) is 2.54. The van der Waals surface area contributed by atoms with Gasteiger partial charge in [-0.1, -0.05) is 17.7 Å². The fourth-order valence-electron chi connectivity index (χ4n) is 2.20. The molecule has 0 saturated carbocycles. The quantitative estimate of drug-likeness (QED) is 0.555. The van der Waals surface area contributed by atoms with E-state index in [-0.39, 0.29) is 5.82 Å². The van der Waals surface area contributed by atoms with Gasteiger partial charge in [0.1, 0.15) is 5.82 Å². The van der Waals surface area contributed by atoms with Crippen molar-refractivity contribution in [3.8, 4) is 0 Å². The monoisotopic (exact) mass is 333 g/mol. The molecule has 0 radical (unpaired) electrons. The summed E-state index contributed by atoms with van der Waals surface area (Å²) in [4.78, 5) is 8.40. The number of hydrogen-bond acceptors (Lipinski definition) is 2. The third-order valence-electron chi connectivity index (χ3n) is 3.77. The van der Waals surface area contributed by atoms with Crippen LogP contribution < -0.4 is 4.90 Å². The van der Waals surface area contributed by atoms with Crippen LogP contribution in [0.2, 0.25) is 5.02 Å². The van der Waals surface area contributed by atoms with E-state index in [0.717, 1.165) is 29.2 Å². The fourth-order valence-corrected chi connectivity index (χ4v) is 2.41. The smallest absolute Gasteiger partial charge is 0.125 e. The lowest BCUT2D eigenvalue weighted by Gasteiger charge is -2.23. The van der Waals surface area contributed by atoms with Crippen molar-refractivity contribution < 1.29 is 4.39 Å². The summed E-state index contributed by atoms with van der Waals surface area (Å²) in [6, 6.07) is 10.2. The van der Waals surface area contributed by atoms with Gasteiger partial charge in [-0.3, -0.25) is 0 Å². The van der Waals surface area contributed by atoms with Crippen molar-refractivity contribution in [2.75, 3.05) is 25.5 Å². The van der Waals surface area contributed by atoms with Gasteiger partial charge in [-0.25, -0.2) is 9.38 Å². The van der Waals surface area contributed by atoms with Crippen LogP contribution in [-0.4, -0.2) is 31.9 Å². The summed E-state index contributed by atoms with van der Waals surface area (Å²) >= 11 is 6.25. The van der Waals surface area contributed by atoms with Gasteiger partial charge in [0.05, 0.1) is 12.0 Å². The molecule has 0 saturated heterocycles. The SMILES string of the molecule is CCN(C)/C=N\c1cc(Cl)cc(N(C)c2cccc(F)c2)c1C. The van der Waals surface area contributed by atoms with Crippen molar-refractivity contribution >= 4 is 35.0 Å². The molecule has 0 atom stereocenters. The lowest BCUT2D eigenvalue weighted by atomic mass is 10.1. The number of aliphatic imine (C=N–C) groups is 1. The largest absolute Gasteiger partial charge is 0.366 e. The van der Waals surface area contributed by atoms with Crippen molar-refractivity contribution in [2.45, 2.75) is 13.8 Å². The Morgan fingerprint density at radius 2 is 1.96 bits per heavy atom. The Morgan fingerprint density at radius 1 is 1.22 bits per heavy atom. The summed E-state index contributed by atoms with van der Waals surface area (Å²) in [6.07, 6.45) is 1.78. The molecule has 0 fully saturated rings. The van der Waals surface area contributed by atoms with E-state index >= 15 is 0 Å². The van der Waals surface area contributed by atoms with Crippen molar-refractivity contribution in [3.05, 3.63) is 52.8 Å². The molecule has 0 aliphatic heterocycles. The first-order chi connectivity index (χ1) is 10.9. The topological polar surface area (TPSA) is 18.8 Å². The van der Waals surface area contributed by atoms with E-state index < -0.39 is 0 Å². The van der Waals surface area contributed by atoms with E-state index in [9.17, 15) is 4.39 Å². The first-order valence-electron chi connectivity index (χ1n) is 7.46. The lowest BCUT2D eigenvalue weighted by Crippen LogP contribution is -2.14. The number of hydrogen-bond donors (Lipinski definition) is 0. The van der Waals surface area contributed by atoms with Crippen LogP contribution in [0.1, 0.15) is 12.5 Å². The van der Waals surface area contributed by atoms with Gasteiger partial charge in [-0.2, -0.15) is 0 Å². The minimum absolute atomic E-state index is 0.267. The maximum Gasteiger partial charge on any atom is 0.125 e. The number of halogens is 2. The van der Waals surface area contributed by atoms with E-state index in [0.29, 0.717) is 5.02 Å². The Hall–Kier alpha value is -2.07. The molecular weight excluding hydrogens is 313 g/mol. The first-order valence-corrected chi connectivity index (χ1v) is 7.84. The van der Waals surface area contributed by atoms with Crippen LogP contribution in [0.25, 0.3) is 0 Å². The molecule has 2 aromatic rings. The van der Waals surface area contributed by atoms with Crippen molar-refractivity contribution in [1.82, 2.24) is 4.90 Å². The highest BCUT2D eigenvalue weighted by Gasteiger charge is 2.12. The van der Waals surface area contributed by atoms with Crippen molar-refractivity contribution in [2.24, 2.45) is 4.99 Å². The maximum atomic E-state index is 13.5.